The van der Waals surface area contributed by atoms with Crippen molar-refractivity contribution in [2.45, 2.75) is 13.0 Å². The van der Waals surface area contributed by atoms with Crippen LogP contribution in [0.1, 0.15) is 11.1 Å². The first-order valence-corrected chi connectivity index (χ1v) is 7.43. The molecule has 0 atom stereocenters. The Morgan fingerprint density at radius 3 is 2.52 bits per heavy atom. The van der Waals surface area contributed by atoms with Crippen molar-refractivity contribution in [1.29, 1.82) is 0 Å². The second kappa shape index (κ2) is 7.33. The average Bonchev–Trinajstić information content (AvgIpc) is 2.48. The van der Waals surface area contributed by atoms with Crippen molar-refractivity contribution in [2.24, 2.45) is 0 Å². The van der Waals surface area contributed by atoms with Crippen LogP contribution in [0.25, 0.3) is 0 Å². The minimum absolute atomic E-state index is 0.147. The maximum Gasteiger partial charge on any atom is 0.161 e. The number of ether oxygens (including phenoxy) is 1. The van der Waals surface area contributed by atoms with Crippen LogP contribution in [-0.4, -0.2) is 23.9 Å². The van der Waals surface area contributed by atoms with E-state index in [1.54, 1.807) is 24.3 Å². The Morgan fingerprint density at radius 1 is 1.14 bits per heavy atom. The number of phenolic OH excluding ortho intramolecular Hbond substituents is 2. The molecule has 4 nitrogen and oxygen atoms in total. The third-order valence-corrected chi connectivity index (χ3v) is 3.92. The molecule has 0 aromatic heterocycles. The number of rotatable bonds is 6. The van der Waals surface area contributed by atoms with Crippen molar-refractivity contribution in [1.82, 2.24) is 5.32 Å². The molecule has 21 heavy (non-hydrogen) atoms. The first kappa shape index (κ1) is 15.7. The molecule has 0 saturated heterocycles. The molecule has 0 saturated carbocycles. The molecular formula is C16H18BrNO3. The highest BCUT2D eigenvalue weighted by Gasteiger charge is 2.07. The van der Waals surface area contributed by atoms with Crippen molar-refractivity contribution < 1.29 is 14.9 Å². The van der Waals surface area contributed by atoms with Crippen LogP contribution in [0.2, 0.25) is 0 Å². The fraction of sp³-hybridized carbons (Fsp3) is 0.250. The van der Waals surface area contributed by atoms with Gasteiger partial charge < -0.3 is 20.3 Å². The fourth-order valence-electron chi connectivity index (χ4n) is 2.01. The maximum absolute atomic E-state index is 9.79. The van der Waals surface area contributed by atoms with Gasteiger partial charge in [-0.15, -0.1) is 0 Å². The molecule has 0 aliphatic carbocycles. The highest BCUT2D eigenvalue weighted by molar-refractivity contribution is 9.10. The molecular weight excluding hydrogens is 334 g/mol. The summed E-state index contributed by atoms with van der Waals surface area (Å²) in [5, 5.41) is 22.3. The number of phenols is 2. The van der Waals surface area contributed by atoms with Gasteiger partial charge in [0.15, 0.2) is 11.5 Å². The zero-order valence-corrected chi connectivity index (χ0v) is 13.4. The molecule has 5 heteroatoms. The predicted octanol–water partition coefficient (Wildman–Crippen LogP) is 3.20. The Bertz CT molecular complexity index is 599. The van der Waals surface area contributed by atoms with Gasteiger partial charge in [0.05, 0.1) is 7.11 Å². The van der Waals surface area contributed by atoms with Gasteiger partial charge in [-0.1, -0.05) is 28.1 Å². The first-order valence-electron chi connectivity index (χ1n) is 6.64. The zero-order chi connectivity index (χ0) is 15.2. The lowest BCUT2D eigenvalue weighted by atomic mass is 10.1. The quantitative estimate of drug-likeness (QED) is 0.699. The fourth-order valence-corrected chi connectivity index (χ4v) is 2.53. The lowest BCUT2D eigenvalue weighted by Crippen LogP contribution is -2.16. The van der Waals surface area contributed by atoms with Crippen LogP contribution in [-0.2, 0) is 13.0 Å². The molecule has 0 aliphatic heterocycles. The topological polar surface area (TPSA) is 61.7 Å². The number of halogens is 1. The minimum Gasteiger partial charge on any atom is -0.508 e. The van der Waals surface area contributed by atoms with E-state index in [0.717, 1.165) is 35.1 Å². The summed E-state index contributed by atoms with van der Waals surface area (Å²) < 4.78 is 5.98. The van der Waals surface area contributed by atoms with E-state index >= 15 is 0 Å². The van der Waals surface area contributed by atoms with Gasteiger partial charge in [-0.2, -0.15) is 0 Å². The third-order valence-electron chi connectivity index (χ3n) is 3.18. The zero-order valence-electron chi connectivity index (χ0n) is 11.8. The Morgan fingerprint density at radius 2 is 1.86 bits per heavy atom. The van der Waals surface area contributed by atoms with Gasteiger partial charge in [-0.25, -0.2) is 0 Å². The van der Waals surface area contributed by atoms with Crippen LogP contribution in [0.4, 0.5) is 0 Å². The monoisotopic (exact) mass is 351 g/mol. The summed E-state index contributed by atoms with van der Waals surface area (Å²) in [6.07, 6.45) is 0.788. The smallest absolute Gasteiger partial charge is 0.161 e. The van der Waals surface area contributed by atoms with E-state index in [4.69, 9.17) is 4.74 Å². The first-order chi connectivity index (χ1) is 10.1. The summed E-state index contributed by atoms with van der Waals surface area (Å²) in [6, 6.07) is 10.6. The molecule has 0 radical (unpaired) electrons. The largest absolute Gasteiger partial charge is 0.508 e. The van der Waals surface area contributed by atoms with E-state index < -0.39 is 0 Å². The van der Waals surface area contributed by atoms with Gasteiger partial charge in [-0.3, -0.25) is 0 Å². The summed E-state index contributed by atoms with van der Waals surface area (Å²) in [4.78, 5) is 0. The molecule has 2 aromatic rings. The van der Waals surface area contributed by atoms with Crippen LogP contribution in [0.15, 0.2) is 40.9 Å². The van der Waals surface area contributed by atoms with E-state index in [1.165, 1.54) is 7.11 Å². The summed E-state index contributed by atoms with van der Waals surface area (Å²) in [5.74, 6) is 0.883. The molecule has 0 unspecified atom stereocenters. The van der Waals surface area contributed by atoms with Crippen LogP contribution in [0.3, 0.4) is 0 Å². The number of benzene rings is 2. The van der Waals surface area contributed by atoms with Crippen molar-refractivity contribution >= 4 is 15.9 Å². The summed E-state index contributed by atoms with van der Waals surface area (Å²) in [7, 11) is 1.53. The molecule has 2 rings (SSSR count). The van der Waals surface area contributed by atoms with Gasteiger partial charge in [-0.05, 0) is 48.4 Å². The molecule has 0 spiro atoms. The van der Waals surface area contributed by atoms with E-state index in [0.29, 0.717) is 5.75 Å². The van der Waals surface area contributed by atoms with E-state index in [1.807, 2.05) is 12.1 Å². The Kier molecular flexibility index (Phi) is 5.47. The molecule has 112 valence electrons. The second-order valence-corrected chi connectivity index (χ2v) is 5.56. The van der Waals surface area contributed by atoms with E-state index in [9.17, 15) is 10.2 Å². The number of nitrogens with one attached hydrogen (secondary N) is 1. The highest BCUT2D eigenvalue weighted by atomic mass is 79.9. The molecule has 3 N–H and O–H groups in total. The van der Waals surface area contributed by atoms with Crippen LogP contribution >= 0.6 is 15.9 Å². The lowest BCUT2D eigenvalue weighted by molar-refractivity contribution is 0.372. The normalized spacial score (nSPS) is 10.6. The van der Waals surface area contributed by atoms with Gasteiger partial charge in [0.1, 0.15) is 5.75 Å². The average molecular weight is 352 g/mol. The SMILES string of the molecule is COc1cc(Br)c(CCNCc2ccc(O)cc2)cc1O. The third kappa shape index (κ3) is 4.37. The summed E-state index contributed by atoms with van der Waals surface area (Å²) >= 11 is 3.48. The number of aromatic hydroxyl groups is 2. The predicted molar refractivity (Wildman–Crippen MR) is 85.9 cm³/mol. The molecule has 0 fully saturated rings. The lowest BCUT2D eigenvalue weighted by Gasteiger charge is -2.10. The van der Waals surface area contributed by atoms with Gasteiger partial charge in [0.2, 0.25) is 0 Å². The molecule has 0 bridgehead atoms. The highest BCUT2D eigenvalue weighted by Crippen LogP contribution is 2.32. The Labute approximate surface area is 132 Å². The Balaban J connectivity index is 1.86. The van der Waals surface area contributed by atoms with Crippen molar-refractivity contribution in [2.75, 3.05) is 13.7 Å². The van der Waals surface area contributed by atoms with Gasteiger partial charge >= 0.3 is 0 Å². The van der Waals surface area contributed by atoms with Gasteiger partial charge in [0.25, 0.3) is 0 Å². The Hall–Kier alpha value is -1.72. The number of hydrogen-bond acceptors (Lipinski definition) is 4. The van der Waals surface area contributed by atoms with Crippen molar-refractivity contribution in [3.63, 3.8) is 0 Å². The van der Waals surface area contributed by atoms with E-state index in [-0.39, 0.29) is 11.5 Å². The standard InChI is InChI=1S/C16H18BrNO3/c1-21-16-9-14(17)12(8-15(16)20)6-7-18-10-11-2-4-13(19)5-3-11/h2-5,8-9,18-20H,6-7,10H2,1H3. The summed E-state index contributed by atoms with van der Waals surface area (Å²) in [6.45, 7) is 1.52. The van der Waals surface area contributed by atoms with Crippen molar-refractivity contribution in [3.8, 4) is 17.2 Å². The minimum atomic E-state index is 0.147. The van der Waals surface area contributed by atoms with E-state index in [2.05, 4.69) is 21.2 Å². The number of methoxy groups -OCH3 is 1. The molecule has 0 aliphatic rings. The number of hydrogen-bond donors (Lipinski definition) is 3. The van der Waals surface area contributed by atoms with Gasteiger partial charge in [0, 0.05) is 11.0 Å². The second-order valence-electron chi connectivity index (χ2n) is 4.71. The van der Waals surface area contributed by atoms with Crippen molar-refractivity contribution in [3.05, 3.63) is 52.0 Å². The molecule has 0 amide bonds. The molecule has 2 aromatic carbocycles. The summed E-state index contributed by atoms with van der Waals surface area (Å²) in [5.41, 5.74) is 2.14. The van der Waals surface area contributed by atoms with Crippen LogP contribution in [0, 0.1) is 0 Å². The maximum atomic E-state index is 9.79. The van der Waals surface area contributed by atoms with Crippen LogP contribution < -0.4 is 10.1 Å². The molecule has 0 heterocycles. The van der Waals surface area contributed by atoms with Crippen LogP contribution in [0.5, 0.6) is 17.2 Å².